The highest BCUT2D eigenvalue weighted by Crippen LogP contribution is 2.18. The molecule has 1 N–H and O–H groups in total. The number of pyridine rings is 2. The van der Waals surface area contributed by atoms with Crippen LogP contribution >= 0.6 is 0 Å². The van der Waals surface area contributed by atoms with E-state index in [9.17, 15) is 4.79 Å². The molecule has 0 saturated heterocycles. The van der Waals surface area contributed by atoms with Crippen molar-refractivity contribution >= 4 is 17.1 Å². The van der Waals surface area contributed by atoms with E-state index in [4.69, 9.17) is 0 Å². The van der Waals surface area contributed by atoms with Gasteiger partial charge in [-0.15, -0.1) is 0 Å². The van der Waals surface area contributed by atoms with Crippen LogP contribution in [0.5, 0.6) is 0 Å². The molecule has 1 amide bonds. The third-order valence-corrected chi connectivity index (χ3v) is 3.86. The number of benzene rings is 1. The van der Waals surface area contributed by atoms with Crippen molar-refractivity contribution in [2.45, 2.75) is 6.54 Å². The molecule has 0 aliphatic rings. The predicted octanol–water partition coefficient (Wildman–Crippen LogP) is 2.75. The van der Waals surface area contributed by atoms with Gasteiger partial charge in [-0.05, 0) is 29.8 Å². The van der Waals surface area contributed by atoms with Crippen LogP contribution in [0.4, 0.5) is 0 Å². The van der Waals surface area contributed by atoms with Gasteiger partial charge >= 0.3 is 0 Å². The van der Waals surface area contributed by atoms with Crippen LogP contribution in [-0.4, -0.2) is 25.4 Å². The number of fused-ring (bicyclic) bond motifs is 1. The van der Waals surface area contributed by atoms with Crippen molar-refractivity contribution in [2.75, 3.05) is 0 Å². The van der Waals surface area contributed by atoms with E-state index in [2.05, 4.69) is 20.3 Å². The third-order valence-electron chi connectivity index (χ3n) is 3.86. The summed E-state index contributed by atoms with van der Waals surface area (Å²) in [7, 11) is 0. The van der Waals surface area contributed by atoms with Crippen molar-refractivity contribution in [1.82, 2.24) is 24.8 Å². The van der Waals surface area contributed by atoms with Crippen molar-refractivity contribution in [2.24, 2.45) is 0 Å². The van der Waals surface area contributed by atoms with Gasteiger partial charge in [0, 0.05) is 18.9 Å². The van der Waals surface area contributed by atoms with Crippen molar-refractivity contribution in [1.29, 1.82) is 0 Å². The Kier molecular flexibility index (Phi) is 3.92. The topological polar surface area (TPSA) is 72.7 Å². The lowest BCUT2D eigenvalue weighted by Gasteiger charge is -2.10. The summed E-state index contributed by atoms with van der Waals surface area (Å²) in [5.41, 5.74) is 3.47. The zero-order valence-electron chi connectivity index (χ0n) is 13.3. The monoisotopic (exact) mass is 329 g/mol. The molecule has 0 unspecified atom stereocenters. The molecule has 1 aromatic carbocycles. The van der Waals surface area contributed by atoms with E-state index in [0.717, 1.165) is 11.1 Å². The smallest absolute Gasteiger partial charge is 0.272 e. The molecule has 4 aromatic rings. The quantitative estimate of drug-likeness (QED) is 0.625. The third kappa shape index (κ3) is 2.97. The number of nitrogens with one attached hydrogen (secondary N) is 1. The van der Waals surface area contributed by atoms with Crippen LogP contribution in [-0.2, 0) is 6.54 Å². The van der Waals surface area contributed by atoms with Gasteiger partial charge in [0.1, 0.15) is 11.8 Å². The van der Waals surface area contributed by atoms with Crippen molar-refractivity contribution in [3.8, 4) is 5.69 Å². The molecule has 0 saturated carbocycles. The van der Waals surface area contributed by atoms with Gasteiger partial charge in [0.25, 0.3) is 5.91 Å². The highest BCUT2D eigenvalue weighted by molar-refractivity contribution is 5.96. The average molecular weight is 329 g/mol. The number of hydrogen-bond acceptors (Lipinski definition) is 4. The normalized spacial score (nSPS) is 10.7. The first kappa shape index (κ1) is 15.0. The summed E-state index contributed by atoms with van der Waals surface area (Å²) in [5, 5.41) is 2.91. The van der Waals surface area contributed by atoms with Crippen LogP contribution in [0.15, 0.2) is 73.3 Å². The van der Waals surface area contributed by atoms with Crippen LogP contribution in [0, 0.1) is 0 Å². The van der Waals surface area contributed by atoms with E-state index < -0.39 is 0 Å². The zero-order chi connectivity index (χ0) is 17.1. The van der Waals surface area contributed by atoms with Crippen molar-refractivity contribution < 1.29 is 4.79 Å². The molecule has 0 bridgehead atoms. The molecule has 122 valence electrons. The Morgan fingerprint density at radius 2 is 1.72 bits per heavy atom. The second-order valence-corrected chi connectivity index (χ2v) is 5.50. The van der Waals surface area contributed by atoms with Crippen LogP contribution in [0.25, 0.3) is 16.9 Å². The number of carbonyl (C=O) groups excluding carboxylic acids is 1. The molecule has 3 heterocycles. The van der Waals surface area contributed by atoms with Crippen molar-refractivity contribution in [3.05, 3.63) is 84.6 Å². The Morgan fingerprint density at radius 3 is 2.60 bits per heavy atom. The molecule has 6 heteroatoms. The van der Waals surface area contributed by atoms with Gasteiger partial charge in [-0.3, -0.25) is 9.36 Å². The molecular weight excluding hydrogens is 314 g/mol. The number of rotatable bonds is 4. The van der Waals surface area contributed by atoms with E-state index in [0.29, 0.717) is 23.6 Å². The summed E-state index contributed by atoms with van der Waals surface area (Å²) in [6.45, 7) is 0.443. The molecule has 6 nitrogen and oxygen atoms in total. The maximum Gasteiger partial charge on any atom is 0.272 e. The highest BCUT2D eigenvalue weighted by Gasteiger charge is 2.16. The Labute approximate surface area is 144 Å². The van der Waals surface area contributed by atoms with Gasteiger partial charge in [-0.25, -0.2) is 15.0 Å². The van der Waals surface area contributed by atoms with Crippen LogP contribution in [0.3, 0.4) is 0 Å². The molecule has 25 heavy (non-hydrogen) atoms. The minimum Gasteiger partial charge on any atom is -0.347 e. The summed E-state index contributed by atoms with van der Waals surface area (Å²) in [6.07, 6.45) is 4.96. The number of aromatic nitrogens is 4. The lowest BCUT2D eigenvalue weighted by molar-refractivity contribution is 0.0946. The fraction of sp³-hybridized carbons (Fsp3) is 0.0526. The second-order valence-electron chi connectivity index (χ2n) is 5.50. The average Bonchev–Trinajstić information content (AvgIpc) is 3.11. The lowest BCUT2D eigenvalue weighted by atomic mass is 10.2. The summed E-state index contributed by atoms with van der Waals surface area (Å²) >= 11 is 0. The summed E-state index contributed by atoms with van der Waals surface area (Å²) in [5.74, 6) is -0.239. The number of carbonyl (C=O) groups is 1. The number of amides is 1. The molecular formula is C19H15N5O. The van der Waals surface area contributed by atoms with Crippen LogP contribution < -0.4 is 5.32 Å². The minimum atomic E-state index is -0.239. The molecule has 0 radical (unpaired) electrons. The Balaban J connectivity index is 1.66. The van der Waals surface area contributed by atoms with E-state index in [1.807, 2.05) is 48.5 Å². The molecule has 4 rings (SSSR count). The number of nitrogens with zero attached hydrogens (tertiary/aromatic N) is 4. The van der Waals surface area contributed by atoms with E-state index in [-0.39, 0.29) is 5.91 Å². The molecule has 0 spiro atoms. The van der Waals surface area contributed by atoms with E-state index in [1.54, 1.807) is 29.4 Å². The van der Waals surface area contributed by atoms with Gasteiger partial charge in [0.05, 0.1) is 5.69 Å². The summed E-state index contributed by atoms with van der Waals surface area (Å²) in [4.78, 5) is 25.6. The van der Waals surface area contributed by atoms with Gasteiger partial charge < -0.3 is 5.32 Å². The van der Waals surface area contributed by atoms with Crippen molar-refractivity contribution in [3.63, 3.8) is 0 Å². The van der Waals surface area contributed by atoms with Crippen LogP contribution in [0.2, 0.25) is 0 Å². The van der Waals surface area contributed by atoms with Gasteiger partial charge in [0.2, 0.25) is 0 Å². The lowest BCUT2D eigenvalue weighted by Crippen LogP contribution is -2.25. The summed E-state index contributed by atoms with van der Waals surface area (Å²) < 4.78 is 1.78. The Bertz CT molecular complexity index is 1030. The van der Waals surface area contributed by atoms with E-state index in [1.165, 1.54) is 0 Å². The second kappa shape index (κ2) is 6.52. The molecule has 0 aliphatic carbocycles. The molecule has 0 aliphatic heterocycles. The fourth-order valence-corrected chi connectivity index (χ4v) is 2.65. The molecule has 3 aromatic heterocycles. The Morgan fingerprint density at radius 1 is 0.920 bits per heavy atom. The van der Waals surface area contributed by atoms with Gasteiger partial charge in [0.15, 0.2) is 11.3 Å². The molecule has 0 atom stereocenters. The minimum absolute atomic E-state index is 0.239. The summed E-state index contributed by atoms with van der Waals surface area (Å²) in [6, 6.07) is 17.1. The maximum atomic E-state index is 12.6. The van der Waals surface area contributed by atoms with Crippen LogP contribution in [0.1, 0.15) is 16.1 Å². The SMILES string of the molecule is O=C(NCc1ccccc1)c1ncccc1-n1cnc2cccnc21. The first-order valence-corrected chi connectivity index (χ1v) is 7.88. The maximum absolute atomic E-state index is 12.6. The van der Waals surface area contributed by atoms with E-state index >= 15 is 0 Å². The Hall–Kier alpha value is -3.54. The van der Waals surface area contributed by atoms with Gasteiger partial charge in [-0.2, -0.15) is 0 Å². The fourth-order valence-electron chi connectivity index (χ4n) is 2.65. The highest BCUT2D eigenvalue weighted by atomic mass is 16.1. The molecule has 0 fully saturated rings. The number of hydrogen-bond donors (Lipinski definition) is 1. The standard InChI is InChI=1S/C19H15N5O/c25-19(22-12-14-6-2-1-3-7-14)17-16(9-5-10-20-17)24-13-23-15-8-4-11-21-18(15)24/h1-11,13H,12H2,(H,22,25). The van der Waals surface area contributed by atoms with Gasteiger partial charge in [-0.1, -0.05) is 30.3 Å². The largest absolute Gasteiger partial charge is 0.347 e. The first-order chi connectivity index (χ1) is 12.3. The first-order valence-electron chi connectivity index (χ1n) is 7.88. The zero-order valence-corrected chi connectivity index (χ0v) is 13.3. The number of imidazole rings is 1. The predicted molar refractivity (Wildman–Crippen MR) is 94.3 cm³/mol.